The zero-order valence-electron chi connectivity index (χ0n) is 17.2. The number of likely N-dealkylation sites (N-methyl/N-ethyl adjacent to an activating group) is 1. The summed E-state index contributed by atoms with van der Waals surface area (Å²) in [5, 5.41) is 43.5. The number of rotatable bonds is 2. The molecule has 9 nitrogen and oxygen atoms in total. The van der Waals surface area contributed by atoms with Gasteiger partial charge in [-0.3, -0.25) is 19.3 Å². The monoisotopic (exact) mass is 428 g/mol. The molecule has 0 heterocycles. The lowest BCUT2D eigenvalue weighted by atomic mass is 9.57. The topological polar surface area (TPSA) is 161 Å². The molecule has 0 bridgehead atoms. The zero-order valence-corrected chi connectivity index (χ0v) is 17.2. The summed E-state index contributed by atoms with van der Waals surface area (Å²) in [6.45, 7) is 1.76. The first-order chi connectivity index (χ1) is 14.5. The van der Waals surface area contributed by atoms with Gasteiger partial charge in [0.15, 0.2) is 11.6 Å². The third kappa shape index (κ3) is 2.66. The van der Waals surface area contributed by atoms with E-state index in [2.05, 4.69) is 0 Å². The Morgan fingerprint density at radius 1 is 1.10 bits per heavy atom. The second-order valence-electron chi connectivity index (χ2n) is 8.63. The van der Waals surface area contributed by atoms with E-state index in [1.165, 1.54) is 11.0 Å². The number of amides is 1. The summed E-state index contributed by atoms with van der Waals surface area (Å²) in [4.78, 5) is 39.8. The summed E-state index contributed by atoms with van der Waals surface area (Å²) in [6, 6.07) is 3.62. The molecule has 1 amide bonds. The minimum absolute atomic E-state index is 0.0133. The zero-order chi connectivity index (χ0) is 22.9. The van der Waals surface area contributed by atoms with Gasteiger partial charge in [-0.15, -0.1) is 0 Å². The maximum Gasteiger partial charge on any atom is 0.255 e. The van der Waals surface area contributed by atoms with Crippen molar-refractivity contribution < 1.29 is 34.8 Å². The first-order valence-corrected chi connectivity index (χ1v) is 9.91. The number of Topliss-reactive ketones (excluding diaryl/α,β-unsaturated/α-hetero) is 2. The van der Waals surface area contributed by atoms with Crippen molar-refractivity contribution in [2.24, 2.45) is 23.5 Å². The van der Waals surface area contributed by atoms with Crippen LogP contribution in [0.25, 0.3) is 0 Å². The molecule has 3 aliphatic carbocycles. The van der Waals surface area contributed by atoms with Gasteiger partial charge in [-0.05, 0) is 31.6 Å². The maximum absolute atomic E-state index is 13.3. The van der Waals surface area contributed by atoms with Gasteiger partial charge in [-0.25, -0.2) is 0 Å². The van der Waals surface area contributed by atoms with Crippen molar-refractivity contribution in [2.45, 2.75) is 25.0 Å². The lowest BCUT2D eigenvalue weighted by Gasteiger charge is -2.50. The molecule has 0 aliphatic heterocycles. The minimum Gasteiger partial charge on any atom is -0.511 e. The van der Waals surface area contributed by atoms with Gasteiger partial charge in [-0.1, -0.05) is 19.1 Å². The van der Waals surface area contributed by atoms with Gasteiger partial charge >= 0.3 is 0 Å². The number of carbonyl (C=O) groups excluding carboxylic acids is 3. The van der Waals surface area contributed by atoms with Crippen molar-refractivity contribution in [1.82, 2.24) is 4.90 Å². The molecule has 3 aliphatic rings. The molecule has 1 aromatic carbocycles. The van der Waals surface area contributed by atoms with Gasteiger partial charge in [0.25, 0.3) is 5.91 Å². The average molecular weight is 428 g/mol. The number of benzene rings is 1. The van der Waals surface area contributed by atoms with Crippen LogP contribution in [-0.4, -0.2) is 69.0 Å². The number of phenolic OH excluding ortho intramolecular Hbond substituents is 1. The van der Waals surface area contributed by atoms with E-state index in [1.54, 1.807) is 33.2 Å². The summed E-state index contributed by atoms with van der Waals surface area (Å²) >= 11 is 0. The molecule has 4 rings (SSSR count). The molecule has 6 atom stereocenters. The summed E-state index contributed by atoms with van der Waals surface area (Å²) in [6.07, 6.45) is -1.31. The van der Waals surface area contributed by atoms with E-state index >= 15 is 0 Å². The number of aliphatic hydroxyl groups is 3. The first kappa shape index (κ1) is 21.1. The molecule has 164 valence electrons. The number of ketones is 2. The number of fused-ring (bicyclic) bond motifs is 3. The number of carbonyl (C=O) groups is 3. The molecule has 0 aromatic heterocycles. The first-order valence-electron chi connectivity index (χ1n) is 9.91. The number of hydrogen-bond donors (Lipinski definition) is 5. The number of aliphatic hydroxyl groups excluding tert-OH is 3. The smallest absolute Gasteiger partial charge is 0.255 e. The Bertz CT molecular complexity index is 1090. The predicted molar refractivity (Wildman–Crippen MR) is 108 cm³/mol. The molecule has 1 aromatic rings. The summed E-state index contributed by atoms with van der Waals surface area (Å²) in [5.74, 6) is -7.98. The van der Waals surface area contributed by atoms with E-state index in [4.69, 9.17) is 5.73 Å². The number of aromatic hydroxyl groups is 1. The van der Waals surface area contributed by atoms with Crippen molar-refractivity contribution in [3.63, 3.8) is 0 Å². The highest BCUT2D eigenvalue weighted by molar-refractivity contribution is 6.22. The van der Waals surface area contributed by atoms with E-state index < -0.39 is 70.4 Å². The SMILES string of the molecule is C[C@H]1c2cccc(O)c2C(=O)C2=C(O)C3C(=O)C(C(N)=O)=C(O)[C@@H](N(C)C)C3[C@@H](O)C21. The number of nitrogens with zero attached hydrogens (tertiary/aromatic N) is 1. The van der Waals surface area contributed by atoms with Crippen LogP contribution in [0.3, 0.4) is 0 Å². The van der Waals surface area contributed by atoms with E-state index in [9.17, 15) is 34.8 Å². The number of primary amides is 1. The lowest BCUT2D eigenvalue weighted by Crippen LogP contribution is -2.59. The van der Waals surface area contributed by atoms with Crippen LogP contribution in [0, 0.1) is 17.8 Å². The normalized spacial score (nSPS) is 32.7. The molecule has 0 fully saturated rings. The third-order valence-electron chi connectivity index (χ3n) is 6.86. The van der Waals surface area contributed by atoms with Crippen molar-refractivity contribution >= 4 is 17.5 Å². The number of allylic oxidation sites excluding steroid dienone is 1. The summed E-state index contributed by atoms with van der Waals surface area (Å²) in [7, 11) is 3.19. The Kier molecular flexibility index (Phi) is 4.71. The lowest BCUT2D eigenvalue weighted by molar-refractivity contribution is -0.131. The molecule has 6 N–H and O–H groups in total. The fourth-order valence-corrected chi connectivity index (χ4v) is 5.57. The third-order valence-corrected chi connectivity index (χ3v) is 6.86. The van der Waals surface area contributed by atoms with Crippen LogP contribution in [0.4, 0.5) is 0 Å². The van der Waals surface area contributed by atoms with E-state index in [0.29, 0.717) is 5.56 Å². The summed E-state index contributed by atoms with van der Waals surface area (Å²) in [5.41, 5.74) is 5.04. The van der Waals surface area contributed by atoms with Gasteiger partial charge < -0.3 is 26.2 Å². The van der Waals surface area contributed by atoms with Gasteiger partial charge in [0.05, 0.1) is 23.6 Å². The Hall–Kier alpha value is -3.17. The van der Waals surface area contributed by atoms with Crippen molar-refractivity contribution in [1.29, 1.82) is 0 Å². The Balaban J connectivity index is 2.00. The minimum atomic E-state index is -1.43. The number of phenols is 1. The van der Waals surface area contributed by atoms with Gasteiger partial charge in [0.2, 0.25) is 0 Å². The largest absolute Gasteiger partial charge is 0.511 e. The molecular weight excluding hydrogens is 404 g/mol. The van der Waals surface area contributed by atoms with Gasteiger partial charge in [0.1, 0.15) is 22.8 Å². The highest BCUT2D eigenvalue weighted by atomic mass is 16.3. The van der Waals surface area contributed by atoms with Crippen LogP contribution in [0.1, 0.15) is 28.8 Å². The molecule has 0 saturated heterocycles. The highest BCUT2D eigenvalue weighted by Gasteiger charge is 2.59. The Morgan fingerprint density at radius 2 is 1.74 bits per heavy atom. The van der Waals surface area contributed by atoms with Gasteiger partial charge in [-0.2, -0.15) is 0 Å². The van der Waals surface area contributed by atoms with E-state index in [-0.39, 0.29) is 16.9 Å². The van der Waals surface area contributed by atoms with Crippen molar-refractivity contribution in [3.8, 4) is 5.75 Å². The molecule has 0 spiro atoms. The maximum atomic E-state index is 13.3. The van der Waals surface area contributed by atoms with Crippen LogP contribution in [0.2, 0.25) is 0 Å². The molecule has 0 saturated carbocycles. The Labute approximate surface area is 178 Å². The number of nitrogens with two attached hydrogens (primary N) is 1. The molecule has 0 radical (unpaired) electrons. The standard InChI is InChI=1S/C22H24N2O7/c1-7-8-5-4-6-9(25)11(8)18(27)13-10(7)17(26)12-14(19(13)28)20(29)15(22(23)31)21(30)16(12)24(2)3/h4-7,10,12,14,16-17,25-26,28,30H,1-3H3,(H2,23,31)/t7-,10?,12?,14?,16-,17-/m0/s1. The molecule has 9 heteroatoms. The average Bonchev–Trinajstić information content (AvgIpc) is 2.67. The highest BCUT2D eigenvalue weighted by Crippen LogP contribution is 2.53. The van der Waals surface area contributed by atoms with Crippen LogP contribution in [-0.2, 0) is 9.59 Å². The second-order valence-corrected chi connectivity index (χ2v) is 8.63. The quantitative estimate of drug-likeness (QED) is 0.426. The number of hydrogen-bond acceptors (Lipinski definition) is 8. The van der Waals surface area contributed by atoms with Crippen LogP contribution < -0.4 is 5.73 Å². The molecule has 31 heavy (non-hydrogen) atoms. The second kappa shape index (κ2) is 6.93. The predicted octanol–water partition coefficient (Wildman–Crippen LogP) is 0.538. The van der Waals surface area contributed by atoms with Crippen LogP contribution >= 0.6 is 0 Å². The van der Waals surface area contributed by atoms with Crippen molar-refractivity contribution in [3.05, 3.63) is 52.0 Å². The van der Waals surface area contributed by atoms with E-state index in [0.717, 1.165) is 0 Å². The van der Waals surface area contributed by atoms with Gasteiger partial charge in [0, 0.05) is 17.4 Å². The van der Waals surface area contributed by atoms with Crippen LogP contribution in [0.15, 0.2) is 40.9 Å². The summed E-state index contributed by atoms with van der Waals surface area (Å²) < 4.78 is 0. The van der Waals surface area contributed by atoms with Crippen molar-refractivity contribution in [2.75, 3.05) is 14.1 Å². The fraction of sp³-hybridized carbons (Fsp3) is 0.409. The molecular formula is C22H24N2O7. The molecule has 3 unspecified atom stereocenters. The Morgan fingerprint density at radius 3 is 2.32 bits per heavy atom. The fourth-order valence-electron chi connectivity index (χ4n) is 5.57. The van der Waals surface area contributed by atoms with E-state index in [1.807, 2.05) is 0 Å². The van der Waals surface area contributed by atoms with Crippen LogP contribution in [0.5, 0.6) is 5.75 Å².